The Morgan fingerprint density at radius 2 is 1.78 bits per heavy atom. The molecule has 4 rings (SSSR count). The molecule has 4 nitrogen and oxygen atoms in total. The number of piperidine rings is 1. The Hall–Kier alpha value is -1.24. The largest absolute Gasteiger partial charge is 0.342 e. The summed E-state index contributed by atoms with van der Waals surface area (Å²) in [5, 5.41) is 3.23. The topological polar surface area (TPSA) is 41.6 Å². The fourth-order valence-corrected chi connectivity index (χ4v) is 3.97. The van der Waals surface area contributed by atoms with Crippen LogP contribution in [0.4, 0.5) is 8.78 Å². The van der Waals surface area contributed by atoms with Gasteiger partial charge in [-0.25, -0.2) is 8.78 Å². The number of nitrogens with one attached hydrogen (secondary N) is 1. The molecule has 2 atom stereocenters. The minimum Gasteiger partial charge on any atom is -0.342 e. The van der Waals surface area contributed by atoms with Crippen molar-refractivity contribution in [2.24, 2.45) is 0 Å². The number of hydrogen-bond donors (Lipinski definition) is 1. The molecule has 1 amide bonds. The SMILES string of the molecule is Cl.O=C1N2[C@@H](CC[C@H]2c2cc(F)cc(F)c2)OC12CCNCC2. The smallest absolute Gasteiger partial charge is 0.257 e. The molecule has 1 aromatic carbocycles. The summed E-state index contributed by atoms with van der Waals surface area (Å²) in [6, 6.07) is 3.19. The van der Waals surface area contributed by atoms with Gasteiger partial charge in [0, 0.05) is 6.07 Å². The van der Waals surface area contributed by atoms with Crippen molar-refractivity contribution in [3.63, 3.8) is 0 Å². The van der Waals surface area contributed by atoms with Crippen LogP contribution in [0.25, 0.3) is 0 Å². The number of ether oxygens (including phenoxy) is 1. The molecule has 3 aliphatic heterocycles. The lowest BCUT2D eigenvalue weighted by Gasteiger charge is -2.32. The van der Waals surface area contributed by atoms with Crippen LogP contribution >= 0.6 is 12.4 Å². The molecule has 0 radical (unpaired) electrons. The highest BCUT2D eigenvalue weighted by Gasteiger charge is 2.57. The molecule has 7 heteroatoms. The summed E-state index contributed by atoms with van der Waals surface area (Å²) in [5.41, 5.74) is -0.219. The van der Waals surface area contributed by atoms with Gasteiger partial charge in [0.1, 0.15) is 17.9 Å². The number of amides is 1. The minimum absolute atomic E-state index is 0. The first-order valence-corrected chi connectivity index (χ1v) is 7.76. The van der Waals surface area contributed by atoms with E-state index in [0.29, 0.717) is 31.2 Å². The number of benzene rings is 1. The molecule has 1 aromatic rings. The number of rotatable bonds is 1. The second-order valence-electron chi connectivity index (χ2n) is 6.33. The highest BCUT2D eigenvalue weighted by Crippen LogP contribution is 2.47. The molecule has 0 saturated carbocycles. The first-order valence-electron chi connectivity index (χ1n) is 7.76. The van der Waals surface area contributed by atoms with Crippen LogP contribution in [0.2, 0.25) is 0 Å². The van der Waals surface area contributed by atoms with Crippen LogP contribution in [0.5, 0.6) is 0 Å². The number of carbonyl (C=O) groups is 1. The van der Waals surface area contributed by atoms with Gasteiger partial charge in [0.2, 0.25) is 0 Å². The van der Waals surface area contributed by atoms with E-state index < -0.39 is 17.2 Å². The van der Waals surface area contributed by atoms with E-state index in [2.05, 4.69) is 5.32 Å². The molecule has 1 spiro atoms. The van der Waals surface area contributed by atoms with E-state index in [1.165, 1.54) is 12.1 Å². The molecule has 3 saturated heterocycles. The van der Waals surface area contributed by atoms with Gasteiger partial charge in [0.15, 0.2) is 5.60 Å². The zero-order chi connectivity index (χ0) is 15.3. The first-order chi connectivity index (χ1) is 10.6. The average molecular weight is 345 g/mol. The summed E-state index contributed by atoms with van der Waals surface area (Å²) in [5.74, 6) is -1.24. The monoisotopic (exact) mass is 344 g/mol. The lowest BCUT2D eigenvalue weighted by molar-refractivity contribution is -0.140. The number of carbonyl (C=O) groups excluding carboxylic acids is 1. The van der Waals surface area contributed by atoms with Crippen LogP contribution in [0, 0.1) is 11.6 Å². The molecule has 0 aromatic heterocycles. The average Bonchev–Trinajstić information content (AvgIpc) is 2.99. The zero-order valence-electron chi connectivity index (χ0n) is 12.6. The minimum atomic E-state index is -0.736. The Labute approximate surface area is 139 Å². The van der Waals surface area contributed by atoms with Gasteiger partial charge in [0.05, 0.1) is 6.04 Å². The van der Waals surface area contributed by atoms with E-state index in [0.717, 1.165) is 19.2 Å². The van der Waals surface area contributed by atoms with E-state index in [9.17, 15) is 13.6 Å². The molecule has 3 fully saturated rings. The van der Waals surface area contributed by atoms with E-state index in [4.69, 9.17) is 4.74 Å². The molecule has 3 heterocycles. The first kappa shape index (κ1) is 16.6. The third-order valence-corrected chi connectivity index (χ3v) is 5.00. The van der Waals surface area contributed by atoms with Crippen LogP contribution in [-0.4, -0.2) is 35.7 Å². The maximum atomic E-state index is 13.5. The maximum Gasteiger partial charge on any atom is 0.257 e. The van der Waals surface area contributed by atoms with Crippen LogP contribution in [0.3, 0.4) is 0 Å². The van der Waals surface area contributed by atoms with E-state index in [1.54, 1.807) is 4.90 Å². The van der Waals surface area contributed by atoms with Crippen molar-refractivity contribution in [1.29, 1.82) is 0 Å². The van der Waals surface area contributed by atoms with Crippen LogP contribution in [0.1, 0.15) is 37.3 Å². The third kappa shape index (κ3) is 2.62. The number of nitrogens with zero attached hydrogens (tertiary/aromatic N) is 1. The Morgan fingerprint density at radius 3 is 2.43 bits per heavy atom. The molecular weight excluding hydrogens is 326 g/mol. The fourth-order valence-electron chi connectivity index (χ4n) is 3.97. The molecule has 0 bridgehead atoms. The third-order valence-electron chi connectivity index (χ3n) is 5.00. The molecule has 0 unspecified atom stereocenters. The molecule has 126 valence electrons. The molecule has 0 aliphatic carbocycles. The molecule has 3 aliphatic rings. The quantitative estimate of drug-likeness (QED) is 0.851. The summed E-state index contributed by atoms with van der Waals surface area (Å²) in [6.45, 7) is 1.51. The molecule has 23 heavy (non-hydrogen) atoms. The molecule has 1 N–H and O–H groups in total. The van der Waals surface area contributed by atoms with E-state index in [1.807, 2.05) is 0 Å². The van der Waals surface area contributed by atoms with Crippen LogP contribution < -0.4 is 5.32 Å². The van der Waals surface area contributed by atoms with Crippen molar-refractivity contribution >= 4 is 18.3 Å². The number of fused-ring (bicyclic) bond motifs is 1. The normalized spacial score (nSPS) is 28.8. The number of hydrogen-bond acceptors (Lipinski definition) is 3. The second-order valence-corrected chi connectivity index (χ2v) is 6.33. The predicted molar refractivity (Wildman–Crippen MR) is 82.1 cm³/mol. The highest BCUT2D eigenvalue weighted by atomic mass is 35.5. The standard InChI is InChI=1S/C16H18F2N2O2.ClH/c17-11-7-10(8-12(18)9-11)13-1-2-14-20(13)15(21)16(22-14)3-5-19-6-4-16;/h7-9,13-14,19H,1-6H2;1H/t13-,14+;/m0./s1. The maximum absolute atomic E-state index is 13.5. The highest BCUT2D eigenvalue weighted by molar-refractivity contribution is 5.88. The van der Waals surface area contributed by atoms with Crippen molar-refractivity contribution in [2.45, 2.75) is 43.6 Å². The van der Waals surface area contributed by atoms with Gasteiger partial charge in [-0.1, -0.05) is 0 Å². The fraction of sp³-hybridized carbons (Fsp3) is 0.562. The van der Waals surface area contributed by atoms with Crippen LogP contribution in [0.15, 0.2) is 18.2 Å². The lowest BCUT2D eigenvalue weighted by Crippen LogP contribution is -2.49. The van der Waals surface area contributed by atoms with Gasteiger partial charge in [-0.05, 0) is 56.5 Å². The van der Waals surface area contributed by atoms with Crippen molar-refractivity contribution in [2.75, 3.05) is 13.1 Å². The van der Waals surface area contributed by atoms with Gasteiger partial charge in [0.25, 0.3) is 5.91 Å². The lowest BCUT2D eigenvalue weighted by atomic mass is 9.90. The number of halogens is 3. The van der Waals surface area contributed by atoms with Crippen molar-refractivity contribution in [3.05, 3.63) is 35.4 Å². The predicted octanol–water partition coefficient (Wildman–Crippen LogP) is 2.53. The van der Waals surface area contributed by atoms with Gasteiger partial charge >= 0.3 is 0 Å². The summed E-state index contributed by atoms with van der Waals surface area (Å²) in [4.78, 5) is 14.6. The second kappa shape index (κ2) is 6.00. The Bertz CT molecular complexity index is 602. The van der Waals surface area contributed by atoms with Crippen molar-refractivity contribution < 1.29 is 18.3 Å². The van der Waals surface area contributed by atoms with Gasteiger partial charge < -0.3 is 15.0 Å². The van der Waals surface area contributed by atoms with Gasteiger partial charge in [-0.15, -0.1) is 12.4 Å². The van der Waals surface area contributed by atoms with Gasteiger partial charge in [-0.3, -0.25) is 4.79 Å². The van der Waals surface area contributed by atoms with Crippen molar-refractivity contribution in [3.8, 4) is 0 Å². The van der Waals surface area contributed by atoms with E-state index in [-0.39, 0.29) is 30.6 Å². The van der Waals surface area contributed by atoms with Crippen LogP contribution in [-0.2, 0) is 9.53 Å². The Kier molecular flexibility index (Phi) is 4.33. The van der Waals surface area contributed by atoms with Crippen molar-refractivity contribution in [1.82, 2.24) is 10.2 Å². The van der Waals surface area contributed by atoms with Gasteiger partial charge in [-0.2, -0.15) is 0 Å². The Balaban J connectivity index is 0.00000156. The Morgan fingerprint density at radius 1 is 1.13 bits per heavy atom. The summed E-state index contributed by atoms with van der Waals surface area (Å²) in [6.07, 6.45) is 2.44. The zero-order valence-corrected chi connectivity index (χ0v) is 13.4. The summed E-state index contributed by atoms with van der Waals surface area (Å²) >= 11 is 0. The van der Waals surface area contributed by atoms with E-state index >= 15 is 0 Å². The molecular formula is C16H19ClF2N2O2. The summed E-state index contributed by atoms with van der Waals surface area (Å²) in [7, 11) is 0. The summed E-state index contributed by atoms with van der Waals surface area (Å²) < 4.78 is 33.1.